The minimum Gasteiger partial charge on any atom is -0.313 e. The predicted molar refractivity (Wildman–Crippen MR) is 119 cm³/mol. The standard InChI is InChI=1S/C20H26N8O2S/c1-5-9-10-27-15-14(16(29)23-19(27)30)26(8-4)20(22-15)31-18-24-17-21-12(6-2)11-13(7-3)28(17)25-18/h11H,5-10H2,1-4H3,(H,23,29,30). The van der Waals surface area contributed by atoms with Crippen molar-refractivity contribution in [1.29, 1.82) is 0 Å². The highest BCUT2D eigenvalue weighted by Crippen LogP contribution is 2.27. The molecule has 0 atom stereocenters. The average Bonchev–Trinajstić information content (AvgIpc) is 3.33. The molecule has 0 aliphatic carbocycles. The number of H-pyrrole nitrogens is 1. The number of aromatic amines is 1. The van der Waals surface area contributed by atoms with Crippen molar-refractivity contribution < 1.29 is 0 Å². The molecule has 0 spiro atoms. The van der Waals surface area contributed by atoms with Gasteiger partial charge in [0.05, 0.1) is 0 Å². The van der Waals surface area contributed by atoms with E-state index >= 15 is 0 Å². The molecule has 0 saturated carbocycles. The Kier molecular flexibility index (Phi) is 5.94. The lowest BCUT2D eigenvalue weighted by Crippen LogP contribution is -2.31. The first-order chi connectivity index (χ1) is 15.0. The first kappa shape index (κ1) is 21.3. The van der Waals surface area contributed by atoms with E-state index in [1.807, 2.05) is 13.0 Å². The predicted octanol–water partition coefficient (Wildman–Crippen LogP) is 2.42. The molecule has 10 nitrogen and oxygen atoms in total. The molecule has 0 amide bonds. The largest absolute Gasteiger partial charge is 0.330 e. The fourth-order valence-electron chi connectivity index (χ4n) is 3.57. The van der Waals surface area contributed by atoms with Crippen molar-refractivity contribution in [3.63, 3.8) is 0 Å². The number of aryl methyl sites for hydroxylation is 4. The molecule has 31 heavy (non-hydrogen) atoms. The highest BCUT2D eigenvalue weighted by molar-refractivity contribution is 7.99. The fourth-order valence-corrected chi connectivity index (χ4v) is 4.45. The minimum absolute atomic E-state index is 0.394. The highest BCUT2D eigenvalue weighted by atomic mass is 32.2. The summed E-state index contributed by atoms with van der Waals surface area (Å²) in [5.74, 6) is 0.551. The summed E-state index contributed by atoms with van der Waals surface area (Å²) in [6.07, 6.45) is 3.39. The second-order valence-corrected chi connectivity index (χ2v) is 8.16. The molecule has 4 aromatic heterocycles. The first-order valence-electron chi connectivity index (χ1n) is 10.7. The molecule has 0 fully saturated rings. The number of fused-ring (bicyclic) bond motifs is 2. The summed E-state index contributed by atoms with van der Waals surface area (Å²) in [6.45, 7) is 9.15. The van der Waals surface area contributed by atoms with Crippen molar-refractivity contribution in [2.45, 2.75) is 76.8 Å². The third-order valence-corrected chi connectivity index (χ3v) is 6.08. The minimum atomic E-state index is -0.432. The van der Waals surface area contributed by atoms with E-state index in [4.69, 9.17) is 0 Å². The van der Waals surface area contributed by atoms with E-state index in [0.717, 1.165) is 37.1 Å². The summed E-state index contributed by atoms with van der Waals surface area (Å²) < 4.78 is 5.10. The van der Waals surface area contributed by atoms with E-state index < -0.39 is 11.2 Å². The highest BCUT2D eigenvalue weighted by Gasteiger charge is 2.20. The Morgan fingerprint density at radius 1 is 1.03 bits per heavy atom. The number of nitrogens with one attached hydrogen (secondary N) is 1. The monoisotopic (exact) mass is 442 g/mol. The maximum atomic E-state index is 12.6. The van der Waals surface area contributed by atoms with Gasteiger partial charge in [-0.2, -0.15) is 4.98 Å². The van der Waals surface area contributed by atoms with Gasteiger partial charge in [0, 0.05) is 24.5 Å². The topological polar surface area (TPSA) is 116 Å². The Morgan fingerprint density at radius 2 is 1.84 bits per heavy atom. The fraction of sp³-hybridized carbons (Fsp3) is 0.500. The summed E-state index contributed by atoms with van der Waals surface area (Å²) >= 11 is 1.27. The van der Waals surface area contributed by atoms with Crippen LogP contribution < -0.4 is 11.2 Å². The van der Waals surface area contributed by atoms with Gasteiger partial charge in [0.2, 0.25) is 5.16 Å². The number of imidazole rings is 1. The molecule has 0 radical (unpaired) electrons. The van der Waals surface area contributed by atoms with Crippen molar-refractivity contribution in [2.75, 3.05) is 0 Å². The van der Waals surface area contributed by atoms with Crippen LogP contribution in [0.25, 0.3) is 16.9 Å². The zero-order valence-electron chi connectivity index (χ0n) is 18.2. The van der Waals surface area contributed by atoms with E-state index in [9.17, 15) is 9.59 Å². The molecule has 0 aromatic carbocycles. The van der Waals surface area contributed by atoms with Gasteiger partial charge in [0.15, 0.2) is 16.3 Å². The number of rotatable bonds is 8. The second-order valence-electron chi connectivity index (χ2n) is 7.23. The zero-order chi connectivity index (χ0) is 22.1. The van der Waals surface area contributed by atoms with Crippen LogP contribution in [0.1, 0.15) is 51.9 Å². The van der Waals surface area contributed by atoms with Crippen LogP contribution in [-0.4, -0.2) is 38.7 Å². The van der Waals surface area contributed by atoms with Gasteiger partial charge >= 0.3 is 5.69 Å². The maximum absolute atomic E-state index is 12.6. The first-order valence-corrected chi connectivity index (χ1v) is 11.5. The van der Waals surface area contributed by atoms with Crippen LogP contribution >= 0.6 is 11.8 Å². The van der Waals surface area contributed by atoms with E-state index in [1.165, 1.54) is 16.3 Å². The third kappa shape index (κ3) is 3.78. The van der Waals surface area contributed by atoms with E-state index in [1.54, 1.807) is 9.08 Å². The Hall–Kier alpha value is -2.95. The van der Waals surface area contributed by atoms with Crippen molar-refractivity contribution in [2.24, 2.45) is 0 Å². The van der Waals surface area contributed by atoms with Gasteiger partial charge in [-0.25, -0.2) is 19.3 Å². The van der Waals surface area contributed by atoms with Gasteiger partial charge in [-0.15, -0.1) is 5.10 Å². The van der Waals surface area contributed by atoms with Gasteiger partial charge in [-0.1, -0.05) is 27.2 Å². The maximum Gasteiger partial charge on any atom is 0.330 e. The molecule has 4 heterocycles. The summed E-state index contributed by atoms with van der Waals surface area (Å²) in [5, 5.41) is 5.68. The Labute approximate surface area is 182 Å². The van der Waals surface area contributed by atoms with Gasteiger partial charge in [-0.05, 0) is 44.0 Å². The molecule has 4 rings (SSSR count). The third-order valence-electron chi connectivity index (χ3n) is 5.23. The summed E-state index contributed by atoms with van der Waals surface area (Å²) in [5.41, 5.74) is 1.94. The lowest BCUT2D eigenvalue weighted by molar-refractivity contribution is 0.613. The van der Waals surface area contributed by atoms with E-state index in [-0.39, 0.29) is 0 Å². The summed E-state index contributed by atoms with van der Waals surface area (Å²) in [4.78, 5) is 41.2. The quantitative estimate of drug-likeness (QED) is 0.445. The molecule has 0 saturated heterocycles. The molecular weight excluding hydrogens is 416 g/mol. The number of hydrogen-bond acceptors (Lipinski definition) is 7. The van der Waals surface area contributed by atoms with Crippen molar-refractivity contribution in [3.8, 4) is 0 Å². The Balaban J connectivity index is 1.84. The number of hydrogen-bond donors (Lipinski definition) is 1. The van der Waals surface area contributed by atoms with Crippen LogP contribution in [0.15, 0.2) is 26.0 Å². The summed E-state index contributed by atoms with van der Waals surface area (Å²) in [6, 6.07) is 2.05. The number of aromatic nitrogens is 8. The molecule has 0 aliphatic heterocycles. The molecule has 164 valence electrons. The van der Waals surface area contributed by atoms with Crippen LogP contribution in [0.4, 0.5) is 0 Å². The zero-order valence-corrected chi connectivity index (χ0v) is 19.0. The number of nitrogens with zero attached hydrogens (tertiary/aromatic N) is 7. The van der Waals surface area contributed by atoms with Gasteiger partial charge in [-0.3, -0.25) is 14.3 Å². The average molecular weight is 443 g/mol. The molecular formula is C20H26N8O2S. The molecule has 0 aliphatic rings. The van der Waals surface area contributed by atoms with E-state index in [0.29, 0.717) is 40.3 Å². The van der Waals surface area contributed by atoms with Crippen LogP contribution in [-0.2, 0) is 25.9 Å². The van der Waals surface area contributed by atoms with Crippen LogP contribution in [0.2, 0.25) is 0 Å². The Bertz CT molecular complexity index is 1360. The molecule has 4 aromatic rings. The van der Waals surface area contributed by atoms with Crippen LogP contribution in [0, 0.1) is 0 Å². The molecule has 1 N–H and O–H groups in total. The van der Waals surface area contributed by atoms with Gasteiger partial charge in [0.1, 0.15) is 0 Å². The molecule has 0 unspecified atom stereocenters. The second kappa shape index (κ2) is 8.66. The summed E-state index contributed by atoms with van der Waals surface area (Å²) in [7, 11) is 0. The van der Waals surface area contributed by atoms with Gasteiger partial charge < -0.3 is 4.57 Å². The molecule has 11 heteroatoms. The normalized spacial score (nSPS) is 11.7. The molecule has 0 bridgehead atoms. The smallest absolute Gasteiger partial charge is 0.313 e. The Morgan fingerprint density at radius 3 is 2.52 bits per heavy atom. The lowest BCUT2D eigenvalue weighted by atomic mass is 10.2. The van der Waals surface area contributed by atoms with Crippen molar-refractivity contribution >= 4 is 28.7 Å². The SMILES string of the molecule is CCCCn1c(=O)[nH]c(=O)c2c1nc(Sc1nc3nc(CC)cc(CC)n3n1)n2CC. The van der Waals surface area contributed by atoms with Crippen molar-refractivity contribution in [3.05, 3.63) is 38.3 Å². The van der Waals surface area contributed by atoms with E-state index in [2.05, 4.69) is 45.8 Å². The van der Waals surface area contributed by atoms with Crippen LogP contribution in [0.3, 0.4) is 0 Å². The van der Waals surface area contributed by atoms with Crippen LogP contribution in [0.5, 0.6) is 0 Å². The lowest BCUT2D eigenvalue weighted by Gasteiger charge is -2.05. The van der Waals surface area contributed by atoms with Gasteiger partial charge in [0.25, 0.3) is 11.3 Å². The number of unbranched alkanes of at least 4 members (excludes halogenated alkanes) is 1. The van der Waals surface area contributed by atoms with Crippen molar-refractivity contribution in [1.82, 2.24) is 38.7 Å².